The van der Waals surface area contributed by atoms with Crippen LogP contribution in [0.25, 0.3) is 0 Å². The molecule has 0 aromatic carbocycles. The highest BCUT2D eigenvalue weighted by Gasteiger charge is 2.38. The second-order valence-electron chi connectivity index (χ2n) is 5.88. The van der Waals surface area contributed by atoms with Gasteiger partial charge >= 0.3 is 5.97 Å². The first-order valence-electron chi connectivity index (χ1n) is 7.27. The van der Waals surface area contributed by atoms with Crippen LogP contribution in [0.2, 0.25) is 0 Å². The van der Waals surface area contributed by atoms with Crippen LogP contribution in [0.3, 0.4) is 0 Å². The molecule has 0 saturated heterocycles. The summed E-state index contributed by atoms with van der Waals surface area (Å²) in [7, 11) is 0. The zero-order valence-electron chi connectivity index (χ0n) is 11.9. The third-order valence-corrected chi connectivity index (χ3v) is 4.31. The number of carboxylic acid groups (broad SMARTS) is 1. The number of aromatic amines is 1. The molecular formula is C15H18N2O4. The summed E-state index contributed by atoms with van der Waals surface area (Å²) in [5.41, 5.74) is 2.37. The summed E-state index contributed by atoms with van der Waals surface area (Å²) in [5.74, 6) is -1.36. The molecule has 1 aromatic heterocycles. The number of H-pyrrole nitrogens is 1. The predicted molar refractivity (Wildman–Crippen MR) is 74.4 cm³/mol. The number of nitrogens with one attached hydrogen (secondary N) is 2. The Morgan fingerprint density at radius 3 is 2.62 bits per heavy atom. The standard InChI is InChI=1S/C15H18N2O4/c1-7-11-9(3-2-4-10(11)18)16-12(7)14(19)17-13(15(20)21)8-5-6-8/h8,13,16H,2-6H2,1H3,(H,17,19)(H,20,21). The van der Waals surface area contributed by atoms with Crippen LogP contribution in [0.15, 0.2) is 0 Å². The maximum atomic E-state index is 12.3. The van der Waals surface area contributed by atoms with Crippen LogP contribution in [0.4, 0.5) is 0 Å². The Morgan fingerprint density at radius 1 is 1.33 bits per heavy atom. The normalized spacial score (nSPS) is 19.0. The van der Waals surface area contributed by atoms with Gasteiger partial charge in [-0.05, 0) is 44.1 Å². The van der Waals surface area contributed by atoms with E-state index in [1.54, 1.807) is 6.92 Å². The number of aryl methyl sites for hydroxylation is 1. The fraction of sp³-hybridized carbons (Fsp3) is 0.533. The quantitative estimate of drug-likeness (QED) is 0.781. The first-order chi connectivity index (χ1) is 9.99. The predicted octanol–water partition coefficient (Wildman–Crippen LogP) is 1.44. The van der Waals surface area contributed by atoms with Crippen molar-refractivity contribution >= 4 is 17.7 Å². The van der Waals surface area contributed by atoms with Gasteiger partial charge in [-0.1, -0.05) is 0 Å². The molecule has 1 amide bonds. The number of carboxylic acids is 1. The molecule has 1 saturated carbocycles. The van der Waals surface area contributed by atoms with Crippen LogP contribution in [-0.2, 0) is 11.2 Å². The van der Waals surface area contributed by atoms with Crippen molar-refractivity contribution in [1.29, 1.82) is 0 Å². The number of carbonyl (C=O) groups excluding carboxylic acids is 2. The number of hydrogen-bond acceptors (Lipinski definition) is 3. The van der Waals surface area contributed by atoms with Gasteiger partial charge in [-0.25, -0.2) is 4.79 Å². The second kappa shape index (κ2) is 5.02. The number of fused-ring (bicyclic) bond motifs is 1. The molecule has 6 heteroatoms. The Kier molecular flexibility index (Phi) is 3.31. The fourth-order valence-corrected chi connectivity index (χ4v) is 3.03. The Bertz CT molecular complexity index is 628. The Hall–Kier alpha value is -2.11. The van der Waals surface area contributed by atoms with Gasteiger partial charge in [0.15, 0.2) is 5.78 Å². The third-order valence-electron chi connectivity index (χ3n) is 4.31. The van der Waals surface area contributed by atoms with Crippen molar-refractivity contribution < 1.29 is 19.5 Å². The van der Waals surface area contributed by atoms with E-state index >= 15 is 0 Å². The van der Waals surface area contributed by atoms with Crippen LogP contribution in [0.1, 0.15) is 57.8 Å². The van der Waals surface area contributed by atoms with E-state index in [2.05, 4.69) is 10.3 Å². The van der Waals surface area contributed by atoms with E-state index in [0.717, 1.165) is 31.4 Å². The fourth-order valence-electron chi connectivity index (χ4n) is 3.03. The Labute approximate surface area is 121 Å². The van der Waals surface area contributed by atoms with Crippen LogP contribution < -0.4 is 5.32 Å². The van der Waals surface area contributed by atoms with E-state index in [1.165, 1.54) is 0 Å². The molecule has 0 radical (unpaired) electrons. The lowest BCUT2D eigenvalue weighted by atomic mass is 9.94. The van der Waals surface area contributed by atoms with Gasteiger partial charge in [-0.2, -0.15) is 0 Å². The zero-order chi connectivity index (χ0) is 15.1. The number of carbonyl (C=O) groups is 3. The minimum Gasteiger partial charge on any atom is -0.480 e. The number of amides is 1. The molecule has 1 unspecified atom stereocenters. The molecule has 1 atom stereocenters. The highest BCUT2D eigenvalue weighted by molar-refractivity contribution is 6.04. The van der Waals surface area contributed by atoms with Crippen molar-refractivity contribution in [3.05, 3.63) is 22.5 Å². The van der Waals surface area contributed by atoms with Gasteiger partial charge in [0.25, 0.3) is 5.91 Å². The van der Waals surface area contributed by atoms with Gasteiger partial charge in [-0.15, -0.1) is 0 Å². The molecular weight excluding hydrogens is 272 g/mol. The maximum Gasteiger partial charge on any atom is 0.326 e. The van der Waals surface area contributed by atoms with Crippen molar-refractivity contribution in [2.24, 2.45) is 5.92 Å². The lowest BCUT2D eigenvalue weighted by Gasteiger charge is -2.13. The van der Waals surface area contributed by atoms with Crippen molar-refractivity contribution in [3.63, 3.8) is 0 Å². The van der Waals surface area contributed by atoms with Crippen LogP contribution >= 0.6 is 0 Å². The lowest BCUT2D eigenvalue weighted by Crippen LogP contribution is -2.42. The van der Waals surface area contributed by atoms with Gasteiger partial charge in [0.2, 0.25) is 0 Å². The molecule has 1 fully saturated rings. The topological polar surface area (TPSA) is 99.3 Å². The molecule has 0 bridgehead atoms. The average Bonchev–Trinajstić information content (AvgIpc) is 3.20. The van der Waals surface area contributed by atoms with E-state index in [4.69, 9.17) is 0 Å². The van der Waals surface area contributed by atoms with Gasteiger partial charge in [0, 0.05) is 17.7 Å². The highest BCUT2D eigenvalue weighted by atomic mass is 16.4. The van der Waals surface area contributed by atoms with E-state index in [1.807, 2.05) is 0 Å². The number of rotatable bonds is 4. The molecule has 21 heavy (non-hydrogen) atoms. The Balaban J connectivity index is 1.85. The van der Waals surface area contributed by atoms with Gasteiger partial charge in [-0.3, -0.25) is 9.59 Å². The summed E-state index contributed by atoms with van der Waals surface area (Å²) >= 11 is 0. The summed E-state index contributed by atoms with van der Waals surface area (Å²) in [6.07, 6.45) is 3.70. The molecule has 3 N–H and O–H groups in total. The molecule has 0 spiro atoms. The SMILES string of the molecule is Cc1c(C(=O)NC(C(=O)O)C2CC2)[nH]c2c1C(=O)CCC2. The first-order valence-corrected chi connectivity index (χ1v) is 7.27. The average molecular weight is 290 g/mol. The van der Waals surface area contributed by atoms with Crippen LogP contribution in [0, 0.1) is 12.8 Å². The summed E-state index contributed by atoms with van der Waals surface area (Å²) in [6, 6.07) is -0.840. The molecule has 0 aliphatic heterocycles. The summed E-state index contributed by atoms with van der Waals surface area (Å²) in [6.45, 7) is 1.74. The second-order valence-corrected chi connectivity index (χ2v) is 5.88. The number of hydrogen-bond donors (Lipinski definition) is 3. The van der Waals surface area contributed by atoms with E-state index in [-0.39, 0.29) is 11.7 Å². The van der Waals surface area contributed by atoms with Crippen LogP contribution in [0.5, 0.6) is 0 Å². The minimum absolute atomic E-state index is 0.0259. The zero-order valence-corrected chi connectivity index (χ0v) is 11.9. The number of aliphatic carboxylic acids is 1. The molecule has 3 rings (SSSR count). The third kappa shape index (κ3) is 2.46. The number of aromatic nitrogens is 1. The lowest BCUT2D eigenvalue weighted by molar-refractivity contribution is -0.139. The highest BCUT2D eigenvalue weighted by Crippen LogP contribution is 2.33. The first kappa shape index (κ1) is 13.9. The van der Waals surface area contributed by atoms with Crippen molar-refractivity contribution in [3.8, 4) is 0 Å². The minimum atomic E-state index is -1.00. The summed E-state index contributed by atoms with van der Waals surface area (Å²) in [4.78, 5) is 38.5. The van der Waals surface area contributed by atoms with Gasteiger partial charge in [0.1, 0.15) is 11.7 Å². The molecule has 2 aliphatic carbocycles. The molecule has 6 nitrogen and oxygen atoms in total. The molecule has 1 aromatic rings. The summed E-state index contributed by atoms with van der Waals surface area (Å²) in [5, 5.41) is 11.8. The Morgan fingerprint density at radius 2 is 2.05 bits per heavy atom. The largest absolute Gasteiger partial charge is 0.480 e. The maximum absolute atomic E-state index is 12.3. The van der Waals surface area contributed by atoms with E-state index in [9.17, 15) is 19.5 Å². The monoisotopic (exact) mass is 290 g/mol. The smallest absolute Gasteiger partial charge is 0.326 e. The number of Topliss-reactive ketones (excluding diaryl/α,β-unsaturated/α-hetero) is 1. The van der Waals surface area contributed by atoms with Crippen molar-refractivity contribution in [2.75, 3.05) is 0 Å². The van der Waals surface area contributed by atoms with Crippen molar-refractivity contribution in [2.45, 2.75) is 45.1 Å². The van der Waals surface area contributed by atoms with Crippen molar-refractivity contribution in [1.82, 2.24) is 10.3 Å². The van der Waals surface area contributed by atoms with E-state index < -0.39 is 17.9 Å². The molecule has 1 heterocycles. The molecule has 2 aliphatic rings. The van der Waals surface area contributed by atoms with Gasteiger partial charge < -0.3 is 15.4 Å². The number of ketones is 1. The van der Waals surface area contributed by atoms with Gasteiger partial charge in [0.05, 0.1) is 0 Å². The van der Waals surface area contributed by atoms with Crippen LogP contribution in [-0.4, -0.2) is 33.8 Å². The van der Waals surface area contributed by atoms with E-state index in [0.29, 0.717) is 23.2 Å². The molecule has 112 valence electrons. The summed E-state index contributed by atoms with van der Waals surface area (Å²) < 4.78 is 0.